The van der Waals surface area contributed by atoms with Crippen LogP contribution in [0.25, 0.3) is 0 Å². The van der Waals surface area contributed by atoms with E-state index < -0.39 is 0 Å². The molecule has 1 aliphatic rings. The summed E-state index contributed by atoms with van der Waals surface area (Å²) in [6.07, 6.45) is 6.11. The summed E-state index contributed by atoms with van der Waals surface area (Å²) in [7, 11) is 1.48. The Kier molecular flexibility index (Phi) is 3.57. The lowest BCUT2D eigenvalue weighted by Gasteiger charge is -1.97. The van der Waals surface area contributed by atoms with Crippen LogP contribution in [-0.4, -0.2) is 13.1 Å². The summed E-state index contributed by atoms with van der Waals surface area (Å²) in [6.45, 7) is 2.20. The summed E-state index contributed by atoms with van der Waals surface area (Å²) in [4.78, 5) is 11.0. The molecular weight excluding hydrogens is 152 g/mol. The highest BCUT2D eigenvalue weighted by molar-refractivity contribution is 5.75. The van der Waals surface area contributed by atoms with Gasteiger partial charge in [-0.05, 0) is 18.8 Å². The highest BCUT2D eigenvalue weighted by atomic mass is 16.5. The van der Waals surface area contributed by atoms with Crippen molar-refractivity contribution in [2.75, 3.05) is 7.11 Å². The van der Waals surface area contributed by atoms with Crippen molar-refractivity contribution in [1.82, 2.24) is 0 Å². The molecule has 2 heteroatoms. The fraction of sp³-hybridized carbons (Fsp3) is 0.900. The van der Waals surface area contributed by atoms with E-state index in [-0.39, 0.29) is 11.9 Å². The predicted molar refractivity (Wildman–Crippen MR) is 47.8 cm³/mol. The zero-order valence-electron chi connectivity index (χ0n) is 8.01. The van der Waals surface area contributed by atoms with Gasteiger partial charge in [0.25, 0.3) is 0 Å². The second kappa shape index (κ2) is 4.48. The van der Waals surface area contributed by atoms with Crippen LogP contribution in [0, 0.1) is 11.8 Å². The van der Waals surface area contributed by atoms with Crippen LogP contribution in [0.2, 0.25) is 0 Å². The Morgan fingerprint density at radius 1 is 1.50 bits per heavy atom. The van der Waals surface area contributed by atoms with Crippen LogP contribution in [0.3, 0.4) is 0 Å². The molecule has 1 fully saturated rings. The van der Waals surface area contributed by atoms with Crippen LogP contribution < -0.4 is 0 Å². The van der Waals surface area contributed by atoms with E-state index in [0.717, 1.165) is 6.42 Å². The molecule has 0 aliphatic heterocycles. The first kappa shape index (κ1) is 9.56. The number of rotatable bonds is 5. The number of esters is 1. The topological polar surface area (TPSA) is 26.3 Å². The Morgan fingerprint density at radius 3 is 2.83 bits per heavy atom. The summed E-state index contributed by atoms with van der Waals surface area (Å²) < 4.78 is 4.67. The van der Waals surface area contributed by atoms with Crippen LogP contribution in [-0.2, 0) is 9.53 Å². The van der Waals surface area contributed by atoms with Gasteiger partial charge in [0.15, 0.2) is 0 Å². The molecular formula is C10H18O2. The standard InChI is InChI=1S/C10H18O2/c1-3-4-5-6-8-7-9(8)10(11)12-2/h8-9H,3-7H2,1-2H3/t8-,9+/m0/s1. The monoisotopic (exact) mass is 170 g/mol. The minimum atomic E-state index is -0.00324. The molecule has 0 saturated heterocycles. The van der Waals surface area contributed by atoms with Crippen molar-refractivity contribution in [3.63, 3.8) is 0 Å². The Bertz CT molecular complexity index is 154. The molecule has 70 valence electrons. The minimum absolute atomic E-state index is 0.00324. The summed E-state index contributed by atoms with van der Waals surface area (Å²) in [5, 5.41) is 0. The molecule has 0 aromatic carbocycles. The lowest BCUT2D eigenvalue weighted by Crippen LogP contribution is -2.04. The number of carbonyl (C=O) groups is 1. The highest BCUT2D eigenvalue weighted by Crippen LogP contribution is 2.43. The maximum absolute atomic E-state index is 11.0. The molecule has 0 spiro atoms. The fourth-order valence-electron chi connectivity index (χ4n) is 1.66. The second-order valence-corrected chi connectivity index (χ2v) is 3.62. The van der Waals surface area contributed by atoms with Crippen LogP contribution in [0.4, 0.5) is 0 Å². The lowest BCUT2D eigenvalue weighted by molar-refractivity contribution is -0.142. The highest BCUT2D eigenvalue weighted by Gasteiger charge is 2.42. The summed E-state index contributed by atoms with van der Waals surface area (Å²) in [5.41, 5.74) is 0. The van der Waals surface area contributed by atoms with E-state index >= 15 is 0 Å². The molecule has 1 aliphatic carbocycles. The van der Waals surface area contributed by atoms with Crippen molar-refractivity contribution < 1.29 is 9.53 Å². The van der Waals surface area contributed by atoms with Gasteiger partial charge in [-0.1, -0.05) is 26.2 Å². The molecule has 0 aromatic heterocycles. The Labute approximate surface area is 74.3 Å². The van der Waals surface area contributed by atoms with Gasteiger partial charge in [0.2, 0.25) is 0 Å². The fourth-order valence-corrected chi connectivity index (χ4v) is 1.66. The predicted octanol–water partition coefficient (Wildman–Crippen LogP) is 2.38. The Hall–Kier alpha value is -0.530. The average Bonchev–Trinajstić information content (AvgIpc) is 2.83. The zero-order chi connectivity index (χ0) is 8.97. The summed E-state index contributed by atoms with van der Waals surface area (Å²) in [5.74, 6) is 0.882. The number of ether oxygens (including phenoxy) is 1. The quantitative estimate of drug-likeness (QED) is 0.467. The van der Waals surface area contributed by atoms with Crippen LogP contribution in [0.5, 0.6) is 0 Å². The molecule has 0 aromatic rings. The molecule has 1 rings (SSSR count). The first-order valence-electron chi connectivity index (χ1n) is 4.87. The van der Waals surface area contributed by atoms with Crippen molar-refractivity contribution in [2.45, 2.75) is 39.0 Å². The molecule has 0 unspecified atom stereocenters. The van der Waals surface area contributed by atoms with Gasteiger partial charge in [-0.3, -0.25) is 4.79 Å². The molecule has 1 saturated carbocycles. The molecule has 0 amide bonds. The van der Waals surface area contributed by atoms with Gasteiger partial charge in [0, 0.05) is 0 Å². The second-order valence-electron chi connectivity index (χ2n) is 3.62. The third-order valence-corrected chi connectivity index (χ3v) is 2.60. The van der Waals surface area contributed by atoms with Crippen molar-refractivity contribution >= 4 is 5.97 Å². The molecule has 2 atom stereocenters. The number of methoxy groups -OCH3 is 1. The zero-order valence-corrected chi connectivity index (χ0v) is 8.01. The van der Waals surface area contributed by atoms with Crippen molar-refractivity contribution in [3.8, 4) is 0 Å². The molecule has 0 bridgehead atoms. The van der Waals surface area contributed by atoms with Crippen molar-refractivity contribution in [1.29, 1.82) is 0 Å². The number of unbranched alkanes of at least 4 members (excludes halogenated alkanes) is 2. The van der Waals surface area contributed by atoms with Gasteiger partial charge in [-0.25, -0.2) is 0 Å². The number of carbonyl (C=O) groups excluding carboxylic acids is 1. The smallest absolute Gasteiger partial charge is 0.308 e. The van der Waals surface area contributed by atoms with Gasteiger partial charge in [0.1, 0.15) is 0 Å². The molecule has 12 heavy (non-hydrogen) atoms. The van der Waals surface area contributed by atoms with Crippen LogP contribution in [0.1, 0.15) is 39.0 Å². The van der Waals surface area contributed by atoms with Gasteiger partial charge in [-0.15, -0.1) is 0 Å². The van der Waals surface area contributed by atoms with E-state index in [2.05, 4.69) is 11.7 Å². The van der Waals surface area contributed by atoms with E-state index in [1.165, 1.54) is 32.8 Å². The Morgan fingerprint density at radius 2 is 2.25 bits per heavy atom. The molecule has 2 nitrogen and oxygen atoms in total. The van der Waals surface area contributed by atoms with E-state index in [9.17, 15) is 4.79 Å². The van der Waals surface area contributed by atoms with E-state index in [0.29, 0.717) is 5.92 Å². The SMILES string of the molecule is CCCCC[C@H]1C[C@H]1C(=O)OC. The largest absolute Gasteiger partial charge is 0.469 e. The van der Waals surface area contributed by atoms with E-state index in [1.807, 2.05) is 0 Å². The van der Waals surface area contributed by atoms with Crippen LogP contribution >= 0.6 is 0 Å². The lowest BCUT2D eigenvalue weighted by atomic mass is 10.1. The van der Waals surface area contributed by atoms with Crippen molar-refractivity contribution in [2.24, 2.45) is 11.8 Å². The number of hydrogen-bond acceptors (Lipinski definition) is 2. The molecule has 0 radical (unpaired) electrons. The summed E-state index contributed by atoms with van der Waals surface area (Å²) >= 11 is 0. The third-order valence-electron chi connectivity index (χ3n) is 2.60. The van der Waals surface area contributed by atoms with E-state index in [1.54, 1.807) is 0 Å². The molecule has 0 N–H and O–H groups in total. The first-order chi connectivity index (χ1) is 5.79. The maximum Gasteiger partial charge on any atom is 0.308 e. The van der Waals surface area contributed by atoms with E-state index in [4.69, 9.17) is 0 Å². The molecule has 0 heterocycles. The van der Waals surface area contributed by atoms with Gasteiger partial charge in [0.05, 0.1) is 13.0 Å². The van der Waals surface area contributed by atoms with Crippen LogP contribution in [0.15, 0.2) is 0 Å². The average molecular weight is 170 g/mol. The third kappa shape index (κ3) is 2.50. The van der Waals surface area contributed by atoms with Gasteiger partial charge < -0.3 is 4.74 Å². The van der Waals surface area contributed by atoms with Gasteiger partial charge in [-0.2, -0.15) is 0 Å². The van der Waals surface area contributed by atoms with Crippen molar-refractivity contribution in [3.05, 3.63) is 0 Å². The minimum Gasteiger partial charge on any atom is -0.469 e. The maximum atomic E-state index is 11.0. The normalized spacial score (nSPS) is 26.8. The van der Waals surface area contributed by atoms with Gasteiger partial charge >= 0.3 is 5.97 Å². The first-order valence-corrected chi connectivity index (χ1v) is 4.87. The Balaban J connectivity index is 2.04. The number of hydrogen-bond donors (Lipinski definition) is 0. The summed E-state index contributed by atoms with van der Waals surface area (Å²) in [6, 6.07) is 0.